The third-order valence-electron chi connectivity index (χ3n) is 7.54. The fourth-order valence-electron chi connectivity index (χ4n) is 5.00. The molecule has 1 rings (SSSR count). The summed E-state index contributed by atoms with van der Waals surface area (Å²) in [5, 5.41) is 56.6. The number of rotatable bonds is 24. The van der Waals surface area contributed by atoms with Crippen molar-refractivity contribution in [1.82, 2.24) is 10.6 Å². The van der Waals surface area contributed by atoms with E-state index in [0.717, 1.165) is 37.4 Å². The molecule has 0 aliphatic carbocycles. The van der Waals surface area contributed by atoms with Gasteiger partial charge in [0.1, 0.15) is 18.3 Å². The largest absolute Gasteiger partial charge is 0.478 e. The summed E-state index contributed by atoms with van der Waals surface area (Å²) >= 11 is 1.03. The van der Waals surface area contributed by atoms with Gasteiger partial charge >= 0.3 is 5.97 Å². The van der Waals surface area contributed by atoms with Gasteiger partial charge in [0.05, 0.1) is 18.8 Å². The SMILES string of the molecule is C=CC(=O)NCCCCCC(=O)N[C@H]1[C@H]([C@H](O)[C@H](O)CO)O[C@](SCCCCCCCCCCCC)(C(=O)O)C[C@@H]1O. The summed E-state index contributed by atoms with van der Waals surface area (Å²) in [6, 6.07) is -1.19. The highest BCUT2D eigenvalue weighted by atomic mass is 32.2. The van der Waals surface area contributed by atoms with Crippen molar-refractivity contribution in [3.8, 4) is 0 Å². The molecule has 0 saturated carbocycles. The molecule has 1 aliphatic heterocycles. The predicted molar refractivity (Wildman–Crippen MR) is 163 cm³/mol. The van der Waals surface area contributed by atoms with Crippen LogP contribution in [0.5, 0.6) is 0 Å². The standard InChI is InChI=1S/C30H54N2O9S/c1-3-5-6-7-8-9-10-11-12-16-19-42-30(29(39)40)20-22(34)26(28(41-30)27(38)23(35)21-33)32-25(37)17-14-13-15-18-31-24(36)4-2/h4,22-23,26-28,33-35,38H,2-3,5-21H2,1H3,(H,31,36)(H,32,37)(H,39,40)/t22-,23+,26+,27+,28+,30+/m0/s1. The molecule has 0 radical (unpaired) electrons. The normalized spacial score (nSPS) is 23.6. The molecule has 0 aromatic carbocycles. The van der Waals surface area contributed by atoms with E-state index in [-0.39, 0.29) is 18.7 Å². The molecule has 1 heterocycles. The first-order valence-electron chi connectivity index (χ1n) is 15.5. The summed E-state index contributed by atoms with van der Waals surface area (Å²) in [6.45, 7) is 5.21. The second kappa shape index (κ2) is 21.9. The summed E-state index contributed by atoms with van der Waals surface area (Å²) < 4.78 is 5.91. The Balaban J connectivity index is 2.68. The second-order valence-electron chi connectivity index (χ2n) is 11.1. The van der Waals surface area contributed by atoms with Crippen LogP contribution in [0.15, 0.2) is 12.7 Å². The average Bonchev–Trinajstić information content (AvgIpc) is 2.97. The number of nitrogens with one attached hydrogen (secondary N) is 2. The Morgan fingerprint density at radius 2 is 1.60 bits per heavy atom. The lowest BCUT2D eigenvalue weighted by Gasteiger charge is -2.46. The number of thioether (sulfide) groups is 1. The Hall–Kier alpha value is -1.70. The molecular weight excluding hydrogens is 564 g/mol. The molecule has 11 nitrogen and oxygen atoms in total. The molecule has 244 valence electrons. The quantitative estimate of drug-likeness (QED) is 0.0626. The minimum absolute atomic E-state index is 0.0988. The number of aliphatic hydroxyl groups is 4. The fourth-order valence-corrected chi connectivity index (χ4v) is 6.27. The number of carbonyl (C=O) groups is 3. The molecule has 0 bridgehead atoms. The van der Waals surface area contributed by atoms with E-state index in [1.54, 1.807) is 0 Å². The van der Waals surface area contributed by atoms with Crippen LogP contribution >= 0.6 is 11.8 Å². The first kappa shape index (κ1) is 38.3. The van der Waals surface area contributed by atoms with Crippen molar-refractivity contribution < 1.29 is 44.7 Å². The minimum atomic E-state index is -1.88. The molecular formula is C30H54N2O9S. The number of hydrogen-bond acceptors (Lipinski definition) is 9. The van der Waals surface area contributed by atoms with E-state index in [0.29, 0.717) is 31.6 Å². The Labute approximate surface area is 254 Å². The maximum absolute atomic E-state index is 12.7. The van der Waals surface area contributed by atoms with E-state index < -0.39 is 53.9 Å². The summed E-state index contributed by atoms with van der Waals surface area (Å²) in [5.41, 5.74) is 0. The fraction of sp³-hybridized carbons (Fsp3) is 0.833. The van der Waals surface area contributed by atoms with E-state index in [4.69, 9.17) is 4.74 Å². The maximum atomic E-state index is 12.7. The summed E-state index contributed by atoms with van der Waals surface area (Å²) in [4.78, 5) is 34.4. The average molecular weight is 619 g/mol. The van der Waals surface area contributed by atoms with Crippen LogP contribution in [0.3, 0.4) is 0 Å². The van der Waals surface area contributed by atoms with Crippen LogP contribution in [0.2, 0.25) is 0 Å². The molecule has 1 fully saturated rings. The van der Waals surface area contributed by atoms with Crippen molar-refractivity contribution in [3.63, 3.8) is 0 Å². The molecule has 0 unspecified atom stereocenters. The van der Waals surface area contributed by atoms with Crippen molar-refractivity contribution in [2.45, 2.75) is 139 Å². The Morgan fingerprint density at radius 3 is 2.17 bits per heavy atom. The van der Waals surface area contributed by atoms with Gasteiger partial charge in [-0.25, -0.2) is 4.79 Å². The van der Waals surface area contributed by atoms with Crippen LogP contribution < -0.4 is 10.6 Å². The van der Waals surface area contributed by atoms with Crippen molar-refractivity contribution in [2.75, 3.05) is 18.9 Å². The van der Waals surface area contributed by atoms with Gasteiger partial charge in [0.15, 0.2) is 0 Å². The van der Waals surface area contributed by atoms with E-state index in [1.165, 1.54) is 44.6 Å². The van der Waals surface area contributed by atoms with Crippen LogP contribution in [-0.4, -0.2) is 97.6 Å². The lowest BCUT2D eigenvalue weighted by Crippen LogP contribution is -2.66. The number of carbonyl (C=O) groups excluding carboxylic acids is 2. The molecule has 1 aliphatic rings. The lowest BCUT2D eigenvalue weighted by molar-refractivity contribution is -0.205. The molecule has 42 heavy (non-hydrogen) atoms. The Kier molecular flexibility index (Phi) is 20.0. The smallest absolute Gasteiger partial charge is 0.346 e. The van der Waals surface area contributed by atoms with Crippen LogP contribution in [0, 0.1) is 0 Å². The number of ether oxygens (including phenoxy) is 1. The van der Waals surface area contributed by atoms with Gasteiger partial charge in [-0.15, -0.1) is 11.8 Å². The highest BCUT2D eigenvalue weighted by Gasteiger charge is 2.54. The van der Waals surface area contributed by atoms with Crippen molar-refractivity contribution >= 4 is 29.5 Å². The number of aliphatic hydroxyl groups excluding tert-OH is 4. The summed E-state index contributed by atoms with van der Waals surface area (Å²) in [6.07, 6.45) is 7.89. The van der Waals surface area contributed by atoms with E-state index in [1.807, 2.05) is 0 Å². The monoisotopic (exact) mass is 618 g/mol. The van der Waals surface area contributed by atoms with Crippen LogP contribution in [0.4, 0.5) is 0 Å². The number of carboxylic acids is 1. The highest BCUT2D eigenvalue weighted by molar-refractivity contribution is 8.01. The van der Waals surface area contributed by atoms with E-state index in [2.05, 4.69) is 24.1 Å². The van der Waals surface area contributed by atoms with Crippen molar-refractivity contribution in [3.05, 3.63) is 12.7 Å². The van der Waals surface area contributed by atoms with Gasteiger partial charge in [-0.2, -0.15) is 0 Å². The summed E-state index contributed by atoms with van der Waals surface area (Å²) in [5.74, 6) is -1.56. The summed E-state index contributed by atoms with van der Waals surface area (Å²) in [7, 11) is 0. The molecule has 1 saturated heterocycles. The van der Waals surface area contributed by atoms with Gasteiger partial charge in [0, 0.05) is 19.4 Å². The number of amides is 2. The Bertz CT molecular complexity index is 803. The molecule has 12 heteroatoms. The zero-order valence-corrected chi connectivity index (χ0v) is 26.0. The van der Waals surface area contributed by atoms with Crippen LogP contribution in [-0.2, 0) is 19.1 Å². The molecule has 0 aromatic heterocycles. The van der Waals surface area contributed by atoms with E-state index >= 15 is 0 Å². The first-order chi connectivity index (χ1) is 20.1. The van der Waals surface area contributed by atoms with Gasteiger partial charge in [0.25, 0.3) is 0 Å². The maximum Gasteiger partial charge on any atom is 0.346 e. The van der Waals surface area contributed by atoms with E-state index in [9.17, 15) is 39.9 Å². The van der Waals surface area contributed by atoms with Gasteiger partial charge in [0.2, 0.25) is 16.7 Å². The molecule has 0 aromatic rings. The zero-order chi connectivity index (χ0) is 31.4. The van der Waals surface area contributed by atoms with Crippen molar-refractivity contribution in [2.24, 2.45) is 0 Å². The van der Waals surface area contributed by atoms with Crippen molar-refractivity contribution in [1.29, 1.82) is 0 Å². The van der Waals surface area contributed by atoms with Gasteiger partial charge in [-0.05, 0) is 31.1 Å². The second-order valence-corrected chi connectivity index (χ2v) is 12.4. The zero-order valence-electron chi connectivity index (χ0n) is 25.2. The third kappa shape index (κ3) is 14.2. The Morgan fingerprint density at radius 1 is 1.00 bits per heavy atom. The van der Waals surface area contributed by atoms with Crippen LogP contribution in [0.25, 0.3) is 0 Å². The molecule has 7 N–H and O–H groups in total. The minimum Gasteiger partial charge on any atom is -0.478 e. The number of hydrogen-bond donors (Lipinski definition) is 7. The highest BCUT2D eigenvalue weighted by Crippen LogP contribution is 2.41. The number of carboxylic acid groups (broad SMARTS) is 1. The first-order valence-corrected chi connectivity index (χ1v) is 16.5. The lowest BCUT2D eigenvalue weighted by atomic mass is 9.89. The van der Waals surface area contributed by atoms with Crippen LogP contribution in [0.1, 0.15) is 103 Å². The van der Waals surface area contributed by atoms with Gasteiger partial charge in [-0.3, -0.25) is 9.59 Å². The molecule has 6 atom stereocenters. The van der Waals surface area contributed by atoms with Gasteiger partial charge < -0.3 is 40.9 Å². The number of aliphatic carboxylic acids is 1. The topological polar surface area (TPSA) is 186 Å². The predicted octanol–water partition coefficient (Wildman–Crippen LogP) is 2.63. The number of unbranched alkanes of at least 4 members (excludes halogenated alkanes) is 11. The van der Waals surface area contributed by atoms with Gasteiger partial charge in [-0.1, -0.05) is 77.7 Å². The molecule has 2 amide bonds. The third-order valence-corrected chi connectivity index (χ3v) is 8.94. The molecule has 0 spiro atoms.